The van der Waals surface area contributed by atoms with Crippen LogP contribution in [0.5, 0.6) is 0 Å². The van der Waals surface area contributed by atoms with Crippen LogP contribution in [-0.2, 0) is 4.74 Å². The van der Waals surface area contributed by atoms with Gasteiger partial charge in [0.15, 0.2) is 0 Å². The molecule has 5 heteroatoms. The maximum atomic E-state index is 9.79. The number of fused-ring (bicyclic) bond motifs is 1. The van der Waals surface area contributed by atoms with Crippen LogP contribution in [0, 0.1) is 0 Å². The normalized spacial score (nSPS) is 49.3. The maximum absolute atomic E-state index is 9.79. The van der Waals surface area contributed by atoms with Crippen molar-refractivity contribution in [2.45, 2.75) is 36.9 Å². The van der Waals surface area contributed by atoms with Gasteiger partial charge in [0.25, 0.3) is 0 Å². The minimum Gasteiger partial charge on any atom is -0.389 e. The zero-order valence-electron chi connectivity index (χ0n) is 8.21. The Hall–Kier alpha value is -0.200. The maximum Gasteiger partial charge on any atom is 0.109 e. The topological polar surface area (TPSA) is 73.2 Å². The predicted molar refractivity (Wildman–Crippen MR) is 48.8 cm³/mol. The van der Waals surface area contributed by atoms with E-state index in [1.54, 1.807) is 7.11 Å². The second-order valence-electron chi connectivity index (χ2n) is 4.10. The Labute approximate surface area is 82.9 Å². The molecule has 0 radical (unpaired) electrons. The summed E-state index contributed by atoms with van der Waals surface area (Å²) in [6.45, 7) is 1.23. The van der Waals surface area contributed by atoms with Crippen LogP contribution in [0.25, 0.3) is 0 Å². The van der Waals surface area contributed by atoms with E-state index < -0.39 is 18.3 Å². The van der Waals surface area contributed by atoms with E-state index in [1.807, 2.05) is 4.90 Å². The van der Waals surface area contributed by atoms with Crippen molar-refractivity contribution in [3.05, 3.63) is 0 Å². The van der Waals surface area contributed by atoms with Gasteiger partial charge in [0.05, 0.1) is 18.2 Å². The van der Waals surface area contributed by atoms with Crippen LogP contribution in [0.2, 0.25) is 0 Å². The van der Waals surface area contributed by atoms with Crippen molar-refractivity contribution in [3.8, 4) is 0 Å². The molecule has 0 aromatic rings. The van der Waals surface area contributed by atoms with Gasteiger partial charge in [-0.15, -0.1) is 0 Å². The lowest BCUT2D eigenvalue weighted by Crippen LogP contribution is -2.61. The van der Waals surface area contributed by atoms with Crippen LogP contribution in [0.4, 0.5) is 0 Å². The molecule has 2 aliphatic heterocycles. The van der Waals surface area contributed by atoms with Gasteiger partial charge in [-0.3, -0.25) is 4.90 Å². The lowest BCUT2D eigenvalue weighted by molar-refractivity contribution is -0.144. The highest BCUT2D eigenvalue weighted by Crippen LogP contribution is 2.29. The number of nitrogens with zero attached hydrogens (tertiary/aromatic N) is 1. The summed E-state index contributed by atoms with van der Waals surface area (Å²) in [4.78, 5) is 1.98. The Morgan fingerprint density at radius 2 is 1.93 bits per heavy atom. The zero-order chi connectivity index (χ0) is 10.3. The van der Waals surface area contributed by atoms with Crippen LogP contribution in [0.15, 0.2) is 0 Å². The second-order valence-corrected chi connectivity index (χ2v) is 4.10. The minimum atomic E-state index is -1.05. The lowest BCUT2D eigenvalue weighted by atomic mass is 9.93. The average Bonchev–Trinajstić information content (AvgIpc) is 2.57. The molecule has 0 aromatic carbocycles. The summed E-state index contributed by atoms with van der Waals surface area (Å²) < 4.78 is 5.24. The lowest BCUT2D eigenvalue weighted by Gasteiger charge is -2.41. The third-order valence-electron chi connectivity index (χ3n) is 3.32. The molecule has 14 heavy (non-hydrogen) atoms. The Kier molecular flexibility index (Phi) is 2.77. The Bertz CT molecular complexity index is 213. The molecule has 0 unspecified atom stereocenters. The quantitative estimate of drug-likeness (QED) is 0.467. The van der Waals surface area contributed by atoms with E-state index in [0.717, 1.165) is 13.0 Å². The third-order valence-corrected chi connectivity index (χ3v) is 3.32. The molecule has 0 aromatic heterocycles. The molecule has 0 aliphatic carbocycles. The molecular formula is C9H17NO4. The minimum absolute atomic E-state index is 0.0350. The molecule has 2 saturated heterocycles. The first-order valence-electron chi connectivity index (χ1n) is 4.96. The number of ether oxygens (including phenoxy) is 1. The van der Waals surface area contributed by atoms with Gasteiger partial charge in [0.2, 0.25) is 0 Å². The number of hydrogen-bond acceptors (Lipinski definition) is 5. The van der Waals surface area contributed by atoms with Crippen molar-refractivity contribution in [1.29, 1.82) is 0 Å². The van der Waals surface area contributed by atoms with Crippen molar-refractivity contribution in [2.24, 2.45) is 0 Å². The van der Waals surface area contributed by atoms with Crippen molar-refractivity contribution in [1.82, 2.24) is 4.90 Å². The Morgan fingerprint density at radius 1 is 1.21 bits per heavy atom. The molecular weight excluding hydrogens is 186 g/mol. The van der Waals surface area contributed by atoms with Crippen LogP contribution >= 0.6 is 0 Å². The van der Waals surface area contributed by atoms with Crippen LogP contribution in [-0.4, -0.2) is 70.9 Å². The molecule has 82 valence electrons. The van der Waals surface area contributed by atoms with E-state index in [9.17, 15) is 15.3 Å². The van der Waals surface area contributed by atoms with E-state index in [1.165, 1.54) is 0 Å². The molecule has 2 rings (SSSR count). The fourth-order valence-electron chi connectivity index (χ4n) is 2.53. The van der Waals surface area contributed by atoms with Gasteiger partial charge in [0, 0.05) is 20.2 Å². The number of piperidine rings is 1. The summed E-state index contributed by atoms with van der Waals surface area (Å²) in [5.41, 5.74) is 0. The number of rotatable bonds is 1. The van der Waals surface area contributed by atoms with Gasteiger partial charge in [-0.25, -0.2) is 0 Å². The number of aliphatic hydroxyl groups is 3. The van der Waals surface area contributed by atoms with Crippen molar-refractivity contribution < 1.29 is 20.1 Å². The van der Waals surface area contributed by atoms with Gasteiger partial charge in [-0.2, -0.15) is 0 Å². The van der Waals surface area contributed by atoms with E-state index in [-0.39, 0.29) is 12.1 Å². The monoisotopic (exact) mass is 203 g/mol. The average molecular weight is 203 g/mol. The van der Waals surface area contributed by atoms with Gasteiger partial charge in [0.1, 0.15) is 12.2 Å². The van der Waals surface area contributed by atoms with Crippen molar-refractivity contribution >= 4 is 0 Å². The highest BCUT2D eigenvalue weighted by atomic mass is 16.5. The number of aliphatic hydroxyl groups excluding tert-OH is 3. The predicted octanol–water partition coefficient (Wildman–Crippen LogP) is -1.83. The molecule has 2 fully saturated rings. The highest BCUT2D eigenvalue weighted by Gasteiger charge is 2.48. The first kappa shape index (κ1) is 10.3. The largest absolute Gasteiger partial charge is 0.389 e. The Morgan fingerprint density at radius 3 is 2.57 bits per heavy atom. The zero-order valence-corrected chi connectivity index (χ0v) is 8.21. The molecule has 0 amide bonds. The Balaban J connectivity index is 2.13. The molecule has 0 spiro atoms. The second kappa shape index (κ2) is 3.75. The summed E-state index contributed by atoms with van der Waals surface area (Å²) in [7, 11) is 1.61. The standard InChI is InChI=1S/C9H17NO4/c1-14-6-2-3-10-4-5(11)8(12)9(13)7(6)10/h5-9,11-13H,2-4H2,1H3/t5-,6-,7+,8+,9+/m0/s1. The first-order valence-corrected chi connectivity index (χ1v) is 4.96. The van der Waals surface area contributed by atoms with Gasteiger partial charge in [-0.1, -0.05) is 0 Å². The van der Waals surface area contributed by atoms with Crippen LogP contribution in [0.1, 0.15) is 6.42 Å². The molecule has 0 bridgehead atoms. The summed E-state index contributed by atoms with van der Waals surface area (Å²) in [6.07, 6.45) is -2.00. The smallest absolute Gasteiger partial charge is 0.109 e. The van der Waals surface area contributed by atoms with Crippen molar-refractivity contribution in [3.63, 3.8) is 0 Å². The van der Waals surface area contributed by atoms with Crippen LogP contribution < -0.4 is 0 Å². The van der Waals surface area contributed by atoms with E-state index in [0.29, 0.717) is 6.54 Å². The summed E-state index contributed by atoms with van der Waals surface area (Å²) in [6, 6.07) is -0.168. The van der Waals surface area contributed by atoms with Gasteiger partial charge in [-0.05, 0) is 6.42 Å². The van der Waals surface area contributed by atoms with Crippen LogP contribution in [0.3, 0.4) is 0 Å². The third kappa shape index (κ3) is 1.45. The van der Waals surface area contributed by atoms with Gasteiger partial charge < -0.3 is 20.1 Å². The molecule has 0 saturated carbocycles. The van der Waals surface area contributed by atoms with E-state index >= 15 is 0 Å². The highest BCUT2D eigenvalue weighted by molar-refractivity contribution is 5.01. The van der Waals surface area contributed by atoms with Crippen molar-refractivity contribution in [2.75, 3.05) is 20.2 Å². The molecule has 3 N–H and O–H groups in total. The fraction of sp³-hybridized carbons (Fsp3) is 1.00. The summed E-state index contributed by atoms with van der Waals surface area (Å²) in [5.74, 6) is 0. The van der Waals surface area contributed by atoms with E-state index in [2.05, 4.69) is 0 Å². The number of methoxy groups -OCH3 is 1. The fourth-order valence-corrected chi connectivity index (χ4v) is 2.53. The number of hydrogen-bond donors (Lipinski definition) is 3. The SMILES string of the molecule is CO[C@H]1CCN2C[C@H](O)[C@@H](O)[C@H](O)[C@@H]12. The first-order chi connectivity index (χ1) is 6.65. The molecule has 5 nitrogen and oxygen atoms in total. The molecule has 2 aliphatic rings. The molecule has 5 atom stereocenters. The molecule has 2 heterocycles. The summed E-state index contributed by atoms with van der Waals surface area (Å²) >= 11 is 0. The van der Waals surface area contributed by atoms with E-state index in [4.69, 9.17) is 4.74 Å². The van der Waals surface area contributed by atoms with Gasteiger partial charge >= 0.3 is 0 Å². The summed E-state index contributed by atoms with van der Waals surface area (Å²) in [5, 5.41) is 28.8.